The smallest absolute Gasteiger partial charge is 0.353 e. The summed E-state index contributed by atoms with van der Waals surface area (Å²) < 4.78 is 30.2. The zero-order chi connectivity index (χ0) is 18.0. The molecule has 3 rings (SSSR count). The minimum absolute atomic E-state index is 0.0614. The molecule has 0 saturated heterocycles. The largest absolute Gasteiger partial charge is 0.507 e. The van der Waals surface area contributed by atoms with Crippen molar-refractivity contribution in [3.63, 3.8) is 0 Å². The third-order valence-corrected chi connectivity index (χ3v) is 4.96. The van der Waals surface area contributed by atoms with Gasteiger partial charge < -0.3 is 9.84 Å². The summed E-state index contributed by atoms with van der Waals surface area (Å²) in [7, 11) is -3.91. The molecule has 9 nitrogen and oxygen atoms in total. The first-order valence-electron chi connectivity index (χ1n) is 6.88. The molecular weight excluding hydrogens is 350 g/mol. The molecule has 0 saturated carbocycles. The van der Waals surface area contributed by atoms with Crippen LogP contribution in [-0.2, 0) is 9.84 Å². The molecule has 0 unspecified atom stereocenters. The van der Waals surface area contributed by atoms with Crippen molar-refractivity contribution in [2.75, 3.05) is 0 Å². The first-order chi connectivity index (χ1) is 11.9. The van der Waals surface area contributed by atoms with Gasteiger partial charge in [0, 0.05) is 0 Å². The molecule has 1 aromatic heterocycles. The number of aromatic amines is 2. The van der Waals surface area contributed by atoms with E-state index in [1.165, 1.54) is 48.5 Å². The molecule has 0 aliphatic carbocycles. The lowest BCUT2D eigenvalue weighted by Crippen LogP contribution is -2.24. The number of aromatic hydroxyl groups is 1. The molecule has 0 atom stereocenters. The predicted octanol–water partition coefficient (Wildman–Crippen LogP) is 0.789. The van der Waals surface area contributed by atoms with Crippen LogP contribution in [0.15, 0.2) is 67.9 Å². The zero-order valence-corrected chi connectivity index (χ0v) is 13.3. The second kappa shape index (κ2) is 6.24. The Morgan fingerprint density at radius 2 is 1.64 bits per heavy atom. The number of sulfone groups is 1. The number of para-hydroxylation sites is 1. The molecule has 0 amide bonds. The number of H-pyrrole nitrogens is 2. The van der Waals surface area contributed by atoms with Crippen molar-refractivity contribution in [1.29, 1.82) is 0 Å². The van der Waals surface area contributed by atoms with Gasteiger partial charge in [0.05, 0.1) is 4.90 Å². The van der Waals surface area contributed by atoms with Gasteiger partial charge in [-0.05, 0) is 36.4 Å². The molecule has 0 aliphatic heterocycles. The molecule has 2 aromatic carbocycles. The number of hydrogen-bond acceptors (Lipinski definition) is 7. The lowest BCUT2D eigenvalue weighted by atomic mass is 10.3. The Morgan fingerprint density at radius 1 is 0.960 bits per heavy atom. The van der Waals surface area contributed by atoms with E-state index >= 15 is 0 Å². The number of aromatic nitrogens is 3. The van der Waals surface area contributed by atoms with Crippen molar-refractivity contribution in [3.8, 4) is 17.5 Å². The molecule has 0 bridgehead atoms. The van der Waals surface area contributed by atoms with Gasteiger partial charge in [-0.15, -0.1) is 4.98 Å². The number of benzene rings is 2. The number of phenols is 1. The number of nitrogens with one attached hydrogen (secondary N) is 2. The Bertz CT molecular complexity index is 1100. The van der Waals surface area contributed by atoms with Crippen LogP contribution in [0.4, 0.5) is 0 Å². The standard InChI is InChI=1S/C15H11N3O6S/c19-11-3-1-2-4-12(11)25(22,23)10-7-5-9(6-8-10)24-15-17-13(20)16-14(21)18-15/h1-8,19H,(H2,16,17,18,20,21). The molecule has 0 radical (unpaired) electrons. The van der Waals surface area contributed by atoms with Gasteiger partial charge >= 0.3 is 17.4 Å². The summed E-state index contributed by atoms with van der Waals surface area (Å²) in [5.74, 6) is -0.196. The number of rotatable bonds is 4. The van der Waals surface area contributed by atoms with E-state index in [4.69, 9.17) is 4.74 Å². The van der Waals surface area contributed by atoms with Gasteiger partial charge in [-0.25, -0.2) is 18.0 Å². The highest BCUT2D eigenvalue weighted by atomic mass is 32.2. The predicted molar refractivity (Wildman–Crippen MR) is 85.6 cm³/mol. The molecule has 0 fully saturated rings. The Balaban J connectivity index is 1.91. The van der Waals surface area contributed by atoms with E-state index in [9.17, 15) is 23.1 Å². The summed E-state index contributed by atoms with van der Waals surface area (Å²) in [6.45, 7) is 0. The summed E-state index contributed by atoms with van der Waals surface area (Å²) in [6.07, 6.45) is 0. The minimum atomic E-state index is -3.91. The van der Waals surface area contributed by atoms with Gasteiger partial charge in [0.2, 0.25) is 9.84 Å². The molecule has 3 N–H and O–H groups in total. The maximum Gasteiger partial charge on any atom is 0.353 e. The van der Waals surface area contributed by atoms with Crippen molar-refractivity contribution in [2.24, 2.45) is 0 Å². The Labute approximate surface area is 140 Å². The van der Waals surface area contributed by atoms with Crippen LogP contribution in [0.25, 0.3) is 0 Å². The molecule has 3 aromatic rings. The quantitative estimate of drug-likeness (QED) is 0.623. The fraction of sp³-hybridized carbons (Fsp3) is 0. The van der Waals surface area contributed by atoms with Crippen LogP contribution < -0.4 is 16.1 Å². The van der Waals surface area contributed by atoms with Crippen molar-refractivity contribution in [2.45, 2.75) is 9.79 Å². The second-order valence-electron chi connectivity index (χ2n) is 4.85. The Morgan fingerprint density at radius 3 is 2.28 bits per heavy atom. The first kappa shape index (κ1) is 16.5. The highest BCUT2D eigenvalue weighted by Gasteiger charge is 2.21. The van der Waals surface area contributed by atoms with E-state index in [0.717, 1.165) is 0 Å². The summed E-state index contributed by atoms with van der Waals surface area (Å²) in [5.41, 5.74) is -1.66. The van der Waals surface area contributed by atoms with E-state index in [1.54, 1.807) is 0 Å². The Kier molecular flexibility index (Phi) is 4.11. The van der Waals surface area contributed by atoms with Crippen LogP contribution >= 0.6 is 0 Å². The topological polar surface area (TPSA) is 142 Å². The number of hydrogen-bond donors (Lipinski definition) is 3. The molecule has 0 aliphatic rings. The fourth-order valence-electron chi connectivity index (χ4n) is 2.03. The molecule has 0 spiro atoms. The first-order valence-corrected chi connectivity index (χ1v) is 8.36. The summed E-state index contributed by atoms with van der Waals surface area (Å²) >= 11 is 0. The lowest BCUT2D eigenvalue weighted by Gasteiger charge is -2.08. The van der Waals surface area contributed by atoms with E-state index < -0.39 is 21.2 Å². The maximum atomic E-state index is 12.5. The molecule has 1 heterocycles. The number of nitrogens with zero attached hydrogens (tertiary/aromatic N) is 1. The Hall–Kier alpha value is -3.40. The fourth-order valence-corrected chi connectivity index (χ4v) is 3.38. The van der Waals surface area contributed by atoms with Crippen LogP contribution in [0, 0.1) is 0 Å². The van der Waals surface area contributed by atoms with Crippen molar-refractivity contribution in [3.05, 3.63) is 69.5 Å². The van der Waals surface area contributed by atoms with Crippen LogP contribution in [0.1, 0.15) is 0 Å². The van der Waals surface area contributed by atoms with Crippen LogP contribution in [0.5, 0.6) is 17.5 Å². The van der Waals surface area contributed by atoms with Crippen molar-refractivity contribution < 1.29 is 18.3 Å². The second-order valence-corrected chi connectivity index (χ2v) is 6.76. The van der Waals surface area contributed by atoms with Crippen molar-refractivity contribution >= 4 is 9.84 Å². The lowest BCUT2D eigenvalue weighted by molar-refractivity contribution is 0.433. The van der Waals surface area contributed by atoms with Gasteiger partial charge in [-0.2, -0.15) is 0 Å². The van der Waals surface area contributed by atoms with E-state index in [1.807, 2.05) is 4.98 Å². The van der Waals surface area contributed by atoms with Gasteiger partial charge in [-0.3, -0.25) is 9.97 Å². The van der Waals surface area contributed by atoms with Crippen LogP contribution in [0.2, 0.25) is 0 Å². The highest BCUT2D eigenvalue weighted by Crippen LogP contribution is 2.29. The monoisotopic (exact) mass is 361 g/mol. The average molecular weight is 361 g/mol. The number of ether oxygens (including phenoxy) is 1. The van der Waals surface area contributed by atoms with Gasteiger partial charge in [-0.1, -0.05) is 12.1 Å². The summed E-state index contributed by atoms with van der Waals surface area (Å²) in [6, 6.07) is 10.4. The van der Waals surface area contributed by atoms with Crippen molar-refractivity contribution in [1.82, 2.24) is 15.0 Å². The molecule has 10 heteroatoms. The summed E-state index contributed by atoms with van der Waals surface area (Å²) in [4.78, 5) is 29.5. The zero-order valence-electron chi connectivity index (χ0n) is 12.5. The highest BCUT2D eigenvalue weighted by molar-refractivity contribution is 7.91. The average Bonchev–Trinajstić information content (AvgIpc) is 2.54. The van der Waals surface area contributed by atoms with Crippen LogP contribution in [0.3, 0.4) is 0 Å². The van der Waals surface area contributed by atoms with Gasteiger partial charge in [0.25, 0.3) is 0 Å². The van der Waals surface area contributed by atoms with E-state index in [-0.39, 0.29) is 27.3 Å². The SMILES string of the molecule is O=c1nc(Oc2ccc(S(=O)(=O)c3ccccc3O)cc2)[nH]c(=O)[nH]1. The minimum Gasteiger partial charge on any atom is -0.507 e. The third-order valence-electron chi connectivity index (χ3n) is 3.15. The molecule has 128 valence electrons. The number of phenolic OH excluding ortho intramolecular Hbond substituents is 1. The van der Waals surface area contributed by atoms with Crippen LogP contribution in [-0.4, -0.2) is 28.5 Å². The maximum absolute atomic E-state index is 12.5. The normalized spacial score (nSPS) is 11.2. The third kappa shape index (κ3) is 3.43. The molecule has 25 heavy (non-hydrogen) atoms. The van der Waals surface area contributed by atoms with E-state index in [2.05, 4.69) is 9.97 Å². The van der Waals surface area contributed by atoms with E-state index in [0.29, 0.717) is 0 Å². The molecular formula is C15H11N3O6S. The van der Waals surface area contributed by atoms with Gasteiger partial charge in [0.1, 0.15) is 16.4 Å². The van der Waals surface area contributed by atoms with Gasteiger partial charge in [0.15, 0.2) is 0 Å². The summed E-state index contributed by atoms with van der Waals surface area (Å²) in [5, 5.41) is 9.73.